The minimum absolute atomic E-state index is 0.0732. The number of hydrogen-bond acceptors (Lipinski definition) is 2. The Kier molecular flexibility index (Phi) is 3.16. The molecule has 3 atom stereocenters. The molecule has 1 N–H and O–H groups in total. The first-order valence-electron chi connectivity index (χ1n) is 6.38. The molecule has 1 saturated carbocycles. The zero-order valence-electron chi connectivity index (χ0n) is 10.1. The average Bonchev–Trinajstić information content (AvgIpc) is 2.92. The normalized spacial score (nSPS) is 30.6. The molecule has 0 aromatic heterocycles. The van der Waals surface area contributed by atoms with Crippen LogP contribution >= 0.6 is 15.9 Å². The van der Waals surface area contributed by atoms with E-state index in [1.807, 2.05) is 29.2 Å². The molecule has 1 aromatic rings. The van der Waals surface area contributed by atoms with Crippen LogP contribution < -0.4 is 0 Å². The van der Waals surface area contributed by atoms with Crippen LogP contribution in [0.4, 0.5) is 0 Å². The monoisotopic (exact) mass is 309 g/mol. The Morgan fingerprint density at radius 3 is 2.78 bits per heavy atom. The van der Waals surface area contributed by atoms with Crippen molar-refractivity contribution in [3.63, 3.8) is 0 Å². The molecule has 0 spiro atoms. The van der Waals surface area contributed by atoms with Crippen molar-refractivity contribution >= 4 is 21.8 Å². The van der Waals surface area contributed by atoms with Crippen LogP contribution in [0.1, 0.15) is 23.2 Å². The van der Waals surface area contributed by atoms with Crippen LogP contribution in [-0.4, -0.2) is 35.1 Å². The highest BCUT2D eigenvalue weighted by Crippen LogP contribution is 2.38. The molecular weight excluding hydrogens is 294 g/mol. The van der Waals surface area contributed by atoms with E-state index in [2.05, 4.69) is 15.9 Å². The number of aliphatic hydroxyl groups excluding tert-OH is 1. The molecule has 0 bridgehead atoms. The zero-order chi connectivity index (χ0) is 12.7. The molecule has 4 heteroatoms. The molecule has 2 aliphatic rings. The number of carbonyl (C=O) groups is 1. The second-order valence-electron chi connectivity index (χ2n) is 5.26. The lowest BCUT2D eigenvalue weighted by molar-refractivity contribution is 0.0751. The summed E-state index contributed by atoms with van der Waals surface area (Å²) >= 11 is 3.42. The third kappa shape index (κ3) is 1.97. The predicted octanol–water partition coefficient (Wildman–Crippen LogP) is 2.29. The lowest BCUT2D eigenvalue weighted by atomic mass is 10.00. The van der Waals surface area contributed by atoms with Gasteiger partial charge >= 0.3 is 0 Å². The molecule has 3 unspecified atom stereocenters. The van der Waals surface area contributed by atoms with Crippen LogP contribution in [0.25, 0.3) is 0 Å². The summed E-state index contributed by atoms with van der Waals surface area (Å²) in [4.78, 5) is 14.3. The first kappa shape index (κ1) is 12.2. The Hall–Kier alpha value is -0.870. The van der Waals surface area contributed by atoms with Crippen molar-refractivity contribution in [1.29, 1.82) is 0 Å². The topological polar surface area (TPSA) is 40.5 Å². The summed E-state index contributed by atoms with van der Waals surface area (Å²) in [5.41, 5.74) is 0.715. The molecule has 2 fully saturated rings. The van der Waals surface area contributed by atoms with Crippen molar-refractivity contribution < 1.29 is 9.90 Å². The van der Waals surface area contributed by atoms with Crippen LogP contribution in [0, 0.1) is 11.8 Å². The third-order valence-electron chi connectivity index (χ3n) is 4.21. The van der Waals surface area contributed by atoms with E-state index >= 15 is 0 Å². The van der Waals surface area contributed by atoms with Gasteiger partial charge < -0.3 is 10.0 Å². The number of benzene rings is 1. The number of nitrogens with zero attached hydrogens (tertiary/aromatic N) is 1. The van der Waals surface area contributed by atoms with E-state index < -0.39 is 0 Å². The van der Waals surface area contributed by atoms with Crippen molar-refractivity contribution in [3.05, 3.63) is 34.3 Å². The predicted molar refractivity (Wildman–Crippen MR) is 72.3 cm³/mol. The van der Waals surface area contributed by atoms with Gasteiger partial charge in [0.05, 0.1) is 11.7 Å². The Morgan fingerprint density at radius 1 is 1.28 bits per heavy atom. The molecule has 1 aliphatic heterocycles. The number of fused-ring (bicyclic) bond motifs is 1. The number of carbonyl (C=O) groups excluding carboxylic acids is 1. The van der Waals surface area contributed by atoms with E-state index in [0.717, 1.165) is 23.9 Å². The summed E-state index contributed by atoms with van der Waals surface area (Å²) in [6.07, 6.45) is 1.73. The summed E-state index contributed by atoms with van der Waals surface area (Å²) in [6, 6.07) is 7.52. The van der Waals surface area contributed by atoms with Gasteiger partial charge in [0.15, 0.2) is 0 Å². The second-order valence-corrected chi connectivity index (χ2v) is 6.11. The first-order chi connectivity index (χ1) is 8.66. The maximum Gasteiger partial charge on any atom is 0.255 e. The molecular formula is C14H16BrNO2. The van der Waals surface area contributed by atoms with Gasteiger partial charge in [0.1, 0.15) is 0 Å². The molecule has 1 aromatic carbocycles. The highest BCUT2D eigenvalue weighted by atomic mass is 79.9. The van der Waals surface area contributed by atoms with Crippen LogP contribution in [-0.2, 0) is 0 Å². The molecule has 3 rings (SSSR count). The standard InChI is InChI=1S/C14H16BrNO2/c15-12-4-2-1-3-10(12)14(18)16-7-9-5-6-13(17)11(9)8-16/h1-4,9,11,13,17H,5-8H2. The average molecular weight is 310 g/mol. The van der Waals surface area contributed by atoms with Gasteiger partial charge in [-0.3, -0.25) is 4.79 Å². The minimum Gasteiger partial charge on any atom is -0.393 e. The van der Waals surface area contributed by atoms with E-state index in [-0.39, 0.29) is 17.9 Å². The highest BCUT2D eigenvalue weighted by Gasteiger charge is 2.43. The second kappa shape index (κ2) is 4.67. The SMILES string of the molecule is O=C(c1ccccc1Br)N1CC2CCC(O)C2C1. The summed E-state index contributed by atoms with van der Waals surface area (Å²) < 4.78 is 0.840. The number of likely N-dealkylation sites (tertiary alicyclic amines) is 1. The van der Waals surface area contributed by atoms with Gasteiger partial charge in [0.2, 0.25) is 0 Å². The fraction of sp³-hybridized carbons (Fsp3) is 0.500. The van der Waals surface area contributed by atoms with E-state index in [1.165, 1.54) is 0 Å². The summed E-state index contributed by atoms with van der Waals surface area (Å²) in [5.74, 6) is 0.854. The largest absolute Gasteiger partial charge is 0.393 e. The molecule has 1 heterocycles. The third-order valence-corrected chi connectivity index (χ3v) is 4.90. The smallest absolute Gasteiger partial charge is 0.255 e. The first-order valence-corrected chi connectivity index (χ1v) is 7.18. The Morgan fingerprint density at radius 2 is 2.06 bits per heavy atom. The van der Waals surface area contributed by atoms with Gasteiger partial charge in [0, 0.05) is 23.5 Å². The minimum atomic E-state index is -0.216. The summed E-state index contributed by atoms with van der Waals surface area (Å²) in [7, 11) is 0. The van der Waals surface area contributed by atoms with E-state index in [9.17, 15) is 9.90 Å². The van der Waals surface area contributed by atoms with Gasteiger partial charge in [-0.05, 0) is 46.8 Å². The molecule has 3 nitrogen and oxygen atoms in total. The van der Waals surface area contributed by atoms with Gasteiger partial charge in [0.25, 0.3) is 5.91 Å². The van der Waals surface area contributed by atoms with E-state index in [0.29, 0.717) is 18.0 Å². The molecule has 1 saturated heterocycles. The number of halogens is 1. The van der Waals surface area contributed by atoms with Crippen molar-refractivity contribution in [2.75, 3.05) is 13.1 Å². The molecule has 1 amide bonds. The van der Waals surface area contributed by atoms with Gasteiger partial charge in [-0.1, -0.05) is 12.1 Å². The Bertz CT molecular complexity index is 477. The number of hydrogen-bond donors (Lipinski definition) is 1. The van der Waals surface area contributed by atoms with E-state index in [4.69, 9.17) is 0 Å². The van der Waals surface area contributed by atoms with Crippen LogP contribution in [0.5, 0.6) is 0 Å². The molecule has 1 aliphatic carbocycles. The number of aliphatic hydroxyl groups is 1. The van der Waals surface area contributed by atoms with Gasteiger partial charge in [-0.2, -0.15) is 0 Å². The summed E-state index contributed by atoms with van der Waals surface area (Å²) in [5, 5.41) is 9.88. The van der Waals surface area contributed by atoms with Crippen molar-refractivity contribution in [2.45, 2.75) is 18.9 Å². The maximum absolute atomic E-state index is 12.4. The quantitative estimate of drug-likeness (QED) is 0.864. The molecule has 96 valence electrons. The fourth-order valence-corrected chi connectivity index (χ4v) is 3.66. The van der Waals surface area contributed by atoms with Crippen LogP contribution in [0.3, 0.4) is 0 Å². The Balaban J connectivity index is 1.78. The number of rotatable bonds is 1. The Labute approximate surface area is 115 Å². The van der Waals surface area contributed by atoms with Crippen molar-refractivity contribution in [1.82, 2.24) is 4.90 Å². The lowest BCUT2D eigenvalue weighted by Crippen LogP contribution is -2.31. The molecule has 18 heavy (non-hydrogen) atoms. The zero-order valence-corrected chi connectivity index (χ0v) is 11.6. The van der Waals surface area contributed by atoms with Crippen LogP contribution in [0.15, 0.2) is 28.7 Å². The van der Waals surface area contributed by atoms with Crippen molar-refractivity contribution in [3.8, 4) is 0 Å². The maximum atomic E-state index is 12.4. The van der Waals surface area contributed by atoms with Crippen LogP contribution in [0.2, 0.25) is 0 Å². The van der Waals surface area contributed by atoms with Gasteiger partial charge in [-0.25, -0.2) is 0 Å². The van der Waals surface area contributed by atoms with Crippen molar-refractivity contribution in [2.24, 2.45) is 11.8 Å². The summed E-state index contributed by atoms with van der Waals surface area (Å²) in [6.45, 7) is 1.49. The highest BCUT2D eigenvalue weighted by molar-refractivity contribution is 9.10. The van der Waals surface area contributed by atoms with E-state index in [1.54, 1.807) is 0 Å². The lowest BCUT2D eigenvalue weighted by Gasteiger charge is -2.19. The van der Waals surface area contributed by atoms with Gasteiger partial charge in [-0.15, -0.1) is 0 Å². The number of amides is 1. The molecule has 0 radical (unpaired) electrons. The fourth-order valence-electron chi connectivity index (χ4n) is 3.21.